The van der Waals surface area contributed by atoms with Crippen LogP contribution in [0.1, 0.15) is 41.8 Å². The zero-order valence-corrected chi connectivity index (χ0v) is 16.3. The van der Waals surface area contributed by atoms with Gasteiger partial charge in [-0.3, -0.25) is 4.79 Å². The maximum absolute atomic E-state index is 12.8. The zero-order chi connectivity index (χ0) is 18.9. The van der Waals surface area contributed by atoms with Crippen LogP contribution in [0.2, 0.25) is 0 Å². The summed E-state index contributed by atoms with van der Waals surface area (Å²) in [4.78, 5) is 12.8. The molecule has 1 N–H and O–H groups in total. The van der Waals surface area contributed by atoms with Crippen molar-refractivity contribution in [2.45, 2.75) is 51.6 Å². The van der Waals surface area contributed by atoms with Gasteiger partial charge in [0.2, 0.25) is 10.0 Å². The first-order valence-corrected chi connectivity index (χ1v) is 10.9. The van der Waals surface area contributed by atoms with Gasteiger partial charge < -0.3 is 4.57 Å². The Morgan fingerprint density at radius 3 is 2.38 bits per heavy atom. The first-order chi connectivity index (χ1) is 12.3. The summed E-state index contributed by atoms with van der Waals surface area (Å²) in [6.07, 6.45) is 4.15. The molecule has 1 aromatic heterocycles. The Bertz CT molecular complexity index is 946. The average molecular weight is 375 g/mol. The van der Waals surface area contributed by atoms with Gasteiger partial charge in [0.1, 0.15) is 0 Å². The number of hydrogen-bond acceptors (Lipinski definition) is 3. The second-order valence-electron chi connectivity index (χ2n) is 7.16. The van der Waals surface area contributed by atoms with Gasteiger partial charge in [0.05, 0.1) is 12.3 Å². The van der Waals surface area contributed by atoms with Crippen LogP contribution in [0.4, 0.5) is 0 Å². The normalized spacial score (nSPS) is 20.0. The van der Waals surface area contributed by atoms with Crippen LogP contribution < -0.4 is 10.3 Å². The minimum atomic E-state index is -3.35. The molecule has 0 amide bonds. The topological polar surface area (TPSA) is 68.2 Å². The Labute approximate surface area is 155 Å². The zero-order valence-electron chi connectivity index (χ0n) is 15.5. The summed E-state index contributed by atoms with van der Waals surface area (Å²) in [6.45, 7) is 3.91. The van der Waals surface area contributed by atoms with E-state index in [0.717, 1.165) is 17.7 Å². The molecule has 140 valence electrons. The number of nitrogens with one attached hydrogen (secondary N) is 1. The second kappa shape index (κ2) is 7.37. The predicted molar refractivity (Wildman–Crippen MR) is 104 cm³/mol. The van der Waals surface area contributed by atoms with Crippen molar-refractivity contribution < 1.29 is 8.42 Å². The number of rotatable bonds is 5. The highest BCUT2D eigenvalue weighted by Gasteiger charge is 2.32. The van der Waals surface area contributed by atoms with E-state index in [1.54, 1.807) is 11.5 Å². The van der Waals surface area contributed by atoms with Crippen molar-refractivity contribution >= 4 is 10.0 Å². The molecule has 0 fully saturated rings. The predicted octanol–water partition coefficient (Wildman–Crippen LogP) is 2.37. The van der Waals surface area contributed by atoms with E-state index in [1.165, 1.54) is 11.8 Å². The summed E-state index contributed by atoms with van der Waals surface area (Å²) in [6, 6.07) is 11.7. The fourth-order valence-electron chi connectivity index (χ4n) is 3.73. The van der Waals surface area contributed by atoms with Crippen molar-refractivity contribution in [1.82, 2.24) is 9.29 Å². The minimum absolute atomic E-state index is 0.0299. The summed E-state index contributed by atoms with van der Waals surface area (Å²) in [5.74, 6) is 0. The lowest BCUT2D eigenvalue weighted by Crippen LogP contribution is -2.48. The molecule has 3 rings (SSSR count). The lowest BCUT2D eigenvalue weighted by Gasteiger charge is -2.35. The van der Waals surface area contributed by atoms with E-state index >= 15 is 0 Å². The van der Waals surface area contributed by atoms with Gasteiger partial charge >= 0.3 is 0 Å². The van der Waals surface area contributed by atoms with Gasteiger partial charge in [-0.1, -0.05) is 37.3 Å². The lowest BCUT2D eigenvalue weighted by atomic mass is 9.91. The summed E-state index contributed by atoms with van der Waals surface area (Å²) in [7, 11) is -3.35. The third-order valence-corrected chi connectivity index (χ3v) is 5.87. The van der Waals surface area contributed by atoms with Crippen molar-refractivity contribution in [3.8, 4) is 0 Å². The number of nitrogens with zero attached hydrogens (tertiary/aromatic N) is 1. The van der Waals surface area contributed by atoms with Crippen LogP contribution in [0, 0.1) is 6.92 Å². The minimum Gasteiger partial charge on any atom is -0.307 e. The quantitative estimate of drug-likeness (QED) is 0.874. The number of aryl methyl sites for hydroxylation is 3. The van der Waals surface area contributed by atoms with Crippen LogP contribution in [0.25, 0.3) is 0 Å². The van der Waals surface area contributed by atoms with Crippen LogP contribution in [0.5, 0.6) is 0 Å². The molecule has 26 heavy (non-hydrogen) atoms. The van der Waals surface area contributed by atoms with E-state index in [-0.39, 0.29) is 17.6 Å². The smallest absolute Gasteiger partial charge is 0.253 e. The van der Waals surface area contributed by atoms with E-state index < -0.39 is 10.0 Å². The van der Waals surface area contributed by atoms with Crippen molar-refractivity contribution in [3.63, 3.8) is 0 Å². The summed E-state index contributed by atoms with van der Waals surface area (Å²) in [5.41, 5.74) is 3.99. The molecule has 0 aliphatic carbocycles. The van der Waals surface area contributed by atoms with Crippen molar-refractivity contribution in [3.05, 3.63) is 69.1 Å². The highest BCUT2D eigenvalue weighted by molar-refractivity contribution is 7.88. The summed E-state index contributed by atoms with van der Waals surface area (Å²) in [5, 5.41) is 0. The number of pyridine rings is 1. The van der Waals surface area contributed by atoms with Gasteiger partial charge in [0.25, 0.3) is 5.56 Å². The molecule has 0 saturated carbocycles. The molecule has 0 spiro atoms. The standard InChI is InChI=1S/C20H26N2O3S/c1-4-15-6-8-16(9-7-15)13-19-18(21-26(3,24)25)12-11-17-10-5-14(2)20(23)22(17)19/h5-10,18-19,21H,4,11-13H2,1-3H3/t18-,19-/m0/s1. The molecule has 6 heteroatoms. The van der Waals surface area contributed by atoms with Gasteiger partial charge in [-0.25, -0.2) is 13.1 Å². The number of hydrogen-bond donors (Lipinski definition) is 1. The molecule has 0 unspecified atom stereocenters. The maximum Gasteiger partial charge on any atom is 0.253 e. The molecule has 2 atom stereocenters. The molecule has 2 aromatic rings. The van der Waals surface area contributed by atoms with Crippen LogP contribution in [0.15, 0.2) is 41.2 Å². The third-order valence-electron chi connectivity index (χ3n) is 5.14. The van der Waals surface area contributed by atoms with E-state index in [0.29, 0.717) is 24.8 Å². The molecular formula is C20H26N2O3S. The van der Waals surface area contributed by atoms with Crippen LogP contribution >= 0.6 is 0 Å². The highest BCUT2D eigenvalue weighted by Crippen LogP contribution is 2.28. The van der Waals surface area contributed by atoms with E-state index in [9.17, 15) is 13.2 Å². The lowest BCUT2D eigenvalue weighted by molar-refractivity contribution is 0.315. The van der Waals surface area contributed by atoms with Crippen molar-refractivity contribution in [2.24, 2.45) is 0 Å². The molecule has 1 aliphatic rings. The first kappa shape index (κ1) is 18.9. The van der Waals surface area contributed by atoms with Gasteiger partial charge in [-0.2, -0.15) is 0 Å². The molecule has 1 aromatic carbocycles. The largest absolute Gasteiger partial charge is 0.307 e. The fraction of sp³-hybridized carbons (Fsp3) is 0.450. The van der Waals surface area contributed by atoms with Gasteiger partial charge in [0.15, 0.2) is 0 Å². The Morgan fingerprint density at radius 2 is 1.77 bits per heavy atom. The third kappa shape index (κ3) is 4.07. The monoisotopic (exact) mass is 374 g/mol. The Kier molecular flexibility index (Phi) is 5.34. The molecule has 0 radical (unpaired) electrons. The molecule has 2 heterocycles. The van der Waals surface area contributed by atoms with Gasteiger partial charge in [-0.15, -0.1) is 0 Å². The fourth-order valence-corrected chi connectivity index (χ4v) is 4.56. The number of aromatic nitrogens is 1. The molecular weight excluding hydrogens is 348 g/mol. The molecule has 0 bridgehead atoms. The first-order valence-electron chi connectivity index (χ1n) is 9.04. The Morgan fingerprint density at radius 1 is 1.12 bits per heavy atom. The van der Waals surface area contributed by atoms with E-state index in [4.69, 9.17) is 0 Å². The Hall–Kier alpha value is -1.92. The average Bonchev–Trinajstić information content (AvgIpc) is 2.59. The van der Waals surface area contributed by atoms with Crippen LogP contribution in [-0.4, -0.2) is 25.3 Å². The van der Waals surface area contributed by atoms with Crippen LogP contribution in [0.3, 0.4) is 0 Å². The van der Waals surface area contributed by atoms with Crippen LogP contribution in [-0.2, 0) is 29.3 Å². The van der Waals surface area contributed by atoms with Crippen molar-refractivity contribution in [1.29, 1.82) is 0 Å². The Balaban J connectivity index is 2.02. The van der Waals surface area contributed by atoms with Crippen molar-refractivity contribution in [2.75, 3.05) is 6.26 Å². The summed E-state index contributed by atoms with van der Waals surface area (Å²) >= 11 is 0. The highest BCUT2D eigenvalue weighted by atomic mass is 32.2. The maximum atomic E-state index is 12.8. The molecule has 5 nitrogen and oxygen atoms in total. The molecule has 1 aliphatic heterocycles. The summed E-state index contributed by atoms with van der Waals surface area (Å²) < 4.78 is 28.2. The number of fused-ring (bicyclic) bond motifs is 1. The van der Waals surface area contributed by atoms with Gasteiger partial charge in [0, 0.05) is 17.3 Å². The van der Waals surface area contributed by atoms with Gasteiger partial charge in [-0.05, 0) is 49.8 Å². The van der Waals surface area contributed by atoms with E-state index in [1.807, 2.05) is 12.1 Å². The molecule has 0 saturated heterocycles. The number of sulfonamides is 1. The SMILES string of the molecule is CCc1ccc(C[C@H]2[C@@H](NS(C)(=O)=O)CCc3ccc(C)c(=O)n32)cc1. The van der Waals surface area contributed by atoms with E-state index in [2.05, 4.69) is 35.9 Å². The second-order valence-corrected chi connectivity index (χ2v) is 8.94. The number of benzene rings is 1.